The molecule has 1 N–H and O–H groups in total. The Labute approximate surface area is 187 Å². The molecular formula is C20H22N6O5S. The summed E-state index contributed by atoms with van der Waals surface area (Å²) in [4.78, 5) is 51.8. The lowest BCUT2D eigenvalue weighted by Gasteiger charge is -2.09. The van der Waals surface area contributed by atoms with Crippen molar-refractivity contribution in [1.82, 2.24) is 24.7 Å². The minimum Gasteiger partial charge on any atom is -0.462 e. The van der Waals surface area contributed by atoms with Crippen LogP contribution in [0, 0.1) is 6.92 Å². The fraction of sp³-hybridized carbons (Fsp3) is 0.300. The number of aromatic nitrogens is 4. The maximum Gasteiger partial charge on any atom is 0.368 e. The summed E-state index contributed by atoms with van der Waals surface area (Å²) in [6, 6.07) is 8.66. The molecule has 3 aromatic rings. The smallest absolute Gasteiger partial charge is 0.368 e. The minimum absolute atomic E-state index is 0.107. The van der Waals surface area contributed by atoms with Gasteiger partial charge in [-0.05, 0) is 42.0 Å². The lowest BCUT2D eigenvalue weighted by molar-refractivity contribution is -0.117. The van der Waals surface area contributed by atoms with Crippen LogP contribution in [0.25, 0.3) is 5.69 Å². The summed E-state index contributed by atoms with van der Waals surface area (Å²) in [5, 5.41) is 10.3. The van der Waals surface area contributed by atoms with Crippen molar-refractivity contribution in [2.75, 3.05) is 26.0 Å². The molecule has 168 valence electrons. The Morgan fingerprint density at radius 2 is 1.84 bits per heavy atom. The van der Waals surface area contributed by atoms with Crippen LogP contribution in [-0.4, -0.2) is 63.2 Å². The first kappa shape index (κ1) is 22.9. The maximum absolute atomic E-state index is 12.6. The summed E-state index contributed by atoms with van der Waals surface area (Å²) in [5.74, 6) is -1.56. The van der Waals surface area contributed by atoms with Gasteiger partial charge >= 0.3 is 11.7 Å². The van der Waals surface area contributed by atoms with Gasteiger partial charge in [0.2, 0.25) is 5.91 Å². The Morgan fingerprint density at radius 1 is 1.16 bits per heavy atom. The predicted molar refractivity (Wildman–Crippen MR) is 117 cm³/mol. The van der Waals surface area contributed by atoms with Crippen molar-refractivity contribution in [2.45, 2.75) is 20.4 Å². The van der Waals surface area contributed by atoms with Crippen LogP contribution in [0.1, 0.15) is 32.5 Å². The van der Waals surface area contributed by atoms with Gasteiger partial charge in [-0.1, -0.05) is 18.2 Å². The van der Waals surface area contributed by atoms with Gasteiger partial charge in [-0.25, -0.2) is 9.59 Å². The highest BCUT2D eigenvalue weighted by Gasteiger charge is 2.27. The van der Waals surface area contributed by atoms with Crippen LogP contribution < -0.4 is 11.0 Å². The van der Waals surface area contributed by atoms with E-state index in [1.54, 1.807) is 58.3 Å². The molecule has 32 heavy (non-hydrogen) atoms. The normalized spacial score (nSPS) is 10.6. The molecule has 2 amide bonds. The summed E-state index contributed by atoms with van der Waals surface area (Å²) in [6.07, 6.45) is 0. The Kier molecular flexibility index (Phi) is 6.83. The summed E-state index contributed by atoms with van der Waals surface area (Å²) >= 11 is 0.969. The molecule has 0 bridgehead atoms. The van der Waals surface area contributed by atoms with E-state index in [-0.39, 0.29) is 23.1 Å². The second-order valence-electron chi connectivity index (χ2n) is 6.89. The van der Waals surface area contributed by atoms with Gasteiger partial charge in [0.25, 0.3) is 5.91 Å². The second-order valence-corrected chi connectivity index (χ2v) is 7.92. The fourth-order valence-electron chi connectivity index (χ4n) is 2.86. The number of benzene rings is 1. The summed E-state index contributed by atoms with van der Waals surface area (Å²) in [6.45, 7) is 2.98. The van der Waals surface area contributed by atoms with Crippen LogP contribution in [0.3, 0.4) is 0 Å². The molecule has 0 fully saturated rings. The van der Waals surface area contributed by atoms with E-state index in [4.69, 9.17) is 4.74 Å². The molecular weight excluding hydrogens is 436 g/mol. The Morgan fingerprint density at radius 3 is 2.47 bits per heavy atom. The van der Waals surface area contributed by atoms with Crippen molar-refractivity contribution in [3.63, 3.8) is 0 Å². The average molecular weight is 459 g/mol. The molecule has 0 saturated carbocycles. The monoisotopic (exact) mass is 458 g/mol. The summed E-state index contributed by atoms with van der Waals surface area (Å²) < 4.78 is 7.06. The number of para-hydroxylation sites is 1. The number of hydrogen-bond donors (Lipinski definition) is 1. The molecule has 0 radical (unpaired) electrons. The van der Waals surface area contributed by atoms with E-state index in [9.17, 15) is 19.2 Å². The molecule has 1 aromatic carbocycles. The molecule has 0 aliphatic heterocycles. The number of amides is 2. The second kappa shape index (κ2) is 9.56. The summed E-state index contributed by atoms with van der Waals surface area (Å²) in [5.41, 5.74) is 0.433. The number of anilines is 1. The highest BCUT2D eigenvalue weighted by atomic mass is 32.1. The molecule has 0 spiro atoms. The fourth-order valence-corrected chi connectivity index (χ4v) is 4.10. The van der Waals surface area contributed by atoms with E-state index in [1.165, 1.54) is 4.90 Å². The number of rotatable bonds is 7. The molecule has 0 aliphatic rings. The molecule has 0 aliphatic carbocycles. The quantitative estimate of drug-likeness (QED) is 0.529. The van der Waals surface area contributed by atoms with E-state index in [0.717, 1.165) is 20.7 Å². The molecule has 0 saturated heterocycles. The lowest BCUT2D eigenvalue weighted by Crippen LogP contribution is -2.29. The van der Waals surface area contributed by atoms with Gasteiger partial charge in [0.15, 0.2) is 0 Å². The minimum atomic E-state index is -0.651. The third-order valence-electron chi connectivity index (χ3n) is 4.41. The molecule has 11 nitrogen and oxygen atoms in total. The van der Waals surface area contributed by atoms with Crippen LogP contribution in [0.15, 0.2) is 35.1 Å². The number of hydrogen-bond acceptors (Lipinski definition) is 8. The highest BCUT2D eigenvalue weighted by molar-refractivity contribution is 7.18. The topological polar surface area (TPSA) is 128 Å². The standard InChI is InChI=1S/C20H22N6O5S/c1-5-31-19(29)15-12(2)16(18(28)24(3)4)32-17(15)21-14(27)11-25-20(30)26(23-22-25)13-9-7-6-8-10-13/h6-10H,5,11H2,1-4H3,(H,21,27). The van der Waals surface area contributed by atoms with Gasteiger partial charge in [-0.15, -0.1) is 11.3 Å². The van der Waals surface area contributed by atoms with Gasteiger partial charge in [-0.2, -0.15) is 9.36 Å². The Balaban J connectivity index is 1.87. The lowest BCUT2D eigenvalue weighted by atomic mass is 10.1. The molecule has 3 rings (SSSR count). The van der Waals surface area contributed by atoms with E-state index in [2.05, 4.69) is 15.7 Å². The van der Waals surface area contributed by atoms with Gasteiger partial charge in [0.05, 0.1) is 22.7 Å². The van der Waals surface area contributed by atoms with Gasteiger partial charge < -0.3 is 15.0 Å². The molecule has 2 aromatic heterocycles. The third-order valence-corrected chi connectivity index (χ3v) is 5.61. The average Bonchev–Trinajstić information content (AvgIpc) is 3.27. The Bertz CT molecular complexity index is 1210. The molecule has 0 atom stereocenters. The van der Waals surface area contributed by atoms with Crippen LogP contribution in [0.2, 0.25) is 0 Å². The van der Waals surface area contributed by atoms with Crippen LogP contribution >= 0.6 is 11.3 Å². The number of nitrogens with one attached hydrogen (secondary N) is 1. The highest BCUT2D eigenvalue weighted by Crippen LogP contribution is 2.34. The van der Waals surface area contributed by atoms with E-state index < -0.39 is 24.1 Å². The zero-order chi connectivity index (χ0) is 23.4. The number of esters is 1. The maximum atomic E-state index is 12.6. The van der Waals surface area contributed by atoms with Crippen LogP contribution in [0.4, 0.5) is 5.00 Å². The Hall–Kier alpha value is -3.80. The number of thiophene rings is 1. The van der Waals surface area contributed by atoms with Gasteiger partial charge in [0, 0.05) is 14.1 Å². The zero-order valence-electron chi connectivity index (χ0n) is 18.0. The van der Waals surface area contributed by atoms with Crippen molar-refractivity contribution in [1.29, 1.82) is 0 Å². The van der Waals surface area contributed by atoms with Crippen LogP contribution in [-0.2, 0) is 16.1 Å². The first-order valence-electron chi connectivity index (χ1n) is 9.64. The van der Waals surface area contributed by atoms with Crippen molar-refractivity contribution < 1.29 is 19.1 Å². The summed E-state index contributed by atoms with van der Waals surface area (Å²) in [7, 11) is 3.18. The van der Waals surface area contributed by atoms with Gasteiger partial charge in [-0.3, -0.25) is 9.59 Å². The third kappa shape index (κ3) is 4.59. The van der Waals surface area contributed by atoms with E-state index in [1.807, 2.05) is 0 Å². The predicted octanol–water partition coefficient (Wildman–Crippen LogP) is 1.32. The number of carbonyl (C=O) groups is 3. The largest absolute Gasteiger partial charge is 0.462 e. The molecule has 0 unspecified atom stereocenters. The number of carbonyl (C=O) groups excluding carboxylic acids is 3. The van der Waals surface area contributed by atoms with E-state index >= 15 is 0 Å². The molecule has 2 heterocycles. The first-order valence-corrected chi connectivity index (χ1v) is 10.5. The number of nitrogens with zero attached hydrogens (tertiary/aromatic N) is 5. The number of ether oxygens (including phenoxy) is 1. The molecule has 12 heteroatoms. The van der Waals surface area contributed by atoms with Crippen molar-refractivity contribution in [2.24, 2.45) is 0 Å². The first-order chi connectivity index (χ1) is 15.2. The van der Waals surface area contributed by atoms with Crippen molar-refractivity contribution >= 4 is 34.1 Å². The number of tetrazole rings is 1. The van der Waals surface area contributed by atoms with Crippen molar-refractivity contribution in [3.05, 3.63) is 56.8 Å². The SMILES string of the molecule is CCOC(=O)c1c(NC(=O)Cn2nnn(-c3ccccc3)c2=O)sc(C(=O)N(C)C)c1C. The zero-order valence-corrected chi connectivity index (χ0v) is 18.8. The van der Waals surface area contributed by atoms with Gasteiger partial charge in [0.1, 0.15) is 11.5 Å². The van der Waals surface area contributed by atoms with E-state index in [0.29, 0.717) is 16.1 Å². The van der Waals surface area contributed by atoms with Crippen molar-refractivity contribution in [3.8, 4) is 5.69 Å². The van der Waals surface area contributed by atoms with Crippen LogP contribution in [0.5, 0.6) is 0 Å².